The molecule has 0 saturated carbocycles. The van der Waals surface area contributed by atoms with Crippen LogP contribution in [0.15, 0.2) is 18.2 Å². The maximum absolute atomic E-state index is 13.0. The van der Waals surface area contributed by atoms with Crippen LogP contribution in [0.3, 0.4) is 0 Å². The SMILES string of the molecule is CCS(=O)(=O)N1CCc2nc(NC(=O)c3cc(C(F)(F)F)cc(C(F)(F)F)c3)sc2C1. The third-order valence-corrected chi connectivity index (χ3v) is 7.35. The Labute approximate surface area is 176 Å². The number of carbonyl (C=O) groups excluding carboxylic acids is 1. The van der Waals surface area contributed by atoms with Crippen LogP contribution in [-0.2, 0) is 35.3 Å². The van der Waals surface area contributed by atoms with E-state index in [1.807, 2.05) is 0 Å². The summed E-state index contributed by atoms with van der Waals surface area (Å²) < 4.78 is 103. The number of halogens is 6. The number of rotatable bonds is 4. The van der Waals surface area contributed by atoms with Gasteiger partial charge in [0.2, 0.25) is 10.0 Å². The van der Waals surface area contributed by atoms with Crippen molar-refractivity contribution in [2.24, 2.45) is 0 Å². The number of nitrogens with zero attached hydrogens (tertiary/aromatic N) is 2. The Bertz CT molecular complexity index is 1080. The Morgan fingerprint density at radius 3 is 2.23 bits per heavy atom. The molecule has 3 rings (SSSR count). The van der Waals surface area contributed by atoms with Gasteiger partial charge in [-0.25, -0.2) is 13.4 Å². The maximum atomic E-state index is 13.0. The lowest BCUT2D eigenvalue weighted by atomic mass is 10.0. The third kappa shape index (κ3) is 5.18. The molecule has 1 aliphatic rings. The van der Waals surface area contributed by atoms with Crippen LogP contribution < -0.4 is 5.32 Å². The summed E-state index contributed by atoms with van der Waals surface area (Å²) in [6.07, 6.45) is -9.89. The second kappa shape index (κ2) is 8.06. The van der Waals surface area contributed by atoms with Crippen LogP contribution in [0.1, 0.15) is 39.0 Å². The number of carbonyl (C=O) groups is 1. The molecule has 6 nitrogen and oxygen atoms in total. The molecule has 1 N–H and O–H groups in total. The number of hydrogen-bond donors (Lipinski definition) is 1. The van der Waals surface area contributed by atoms with E-state index in [4.69, 9.17) is 0 Å². The van der Waals surface area contributed by atoms with Gasteiger partial charge in [-0.05, 0) is 25.1 Å². The van der Waals surface area contributed by atoms with Crippen LogP contribution in [0.25, 0.3) is 0 Å². The first-order chi connectivity index (χ1) is 14.2. The van der Waals surface area contributed by atoms with Crippen LogP contribution in [-0.4, -0.2) is 35.9 Å². The molecule has 1 aliphatic heterocycles. The topological polar surface area (TPSA) is 79.4 Å². The van der Waals surface area contributed by atoms with Crippen molar-refractivity contribution >= 4 is 32.4 Å². The molecular weight excluding hydrogens is 472 g/mol. The highest BCUT2D eigenvalue weighted by Gasteiger charge is 2.37. The Balaban J connectivity index is 1.86. The van der Waals surface area contributed by atoms with Crippen molar-refractivity contribution in [3.63, 3.8) is 0 Å². The summed E-state index contributed by atoms with van der Waals surface area (Å²) >= 11 is 0.915. The van der Waals surface area contributed by atoms with Crippen LogP contribution >= 0.6 is 11.3 Å². The van der Waals surface area contributed by atoms with E-state index in [9.17, 15) is 39.6 Å². The number of fused-ring (bicyclic) bond motifs is 1. The van der Waals surface area contributed by atoms with Gasteiger partial charge >= 0.3 is 12.4 Å². The molecule has 1 amide bonds. The van der Waals surface area contributed by atoms with Crippen LogP contribution in [0, 0.1) is 0 Å². The lowest BCUT2D eigenvalue weighted by Crippen LogP contribution is -2.36. The van der Waals surface area contributed by atoms with Gasteiger partial charge in [-0.15, -0.1) is 11.3 Å². The van der Waals surface area contributed by atoms with Gasteiger partial charge in [0.05, 0.1) is 22.6 Å². The lowest BCUT2D eigenvalue weighted by molar-refractivity contribution is -0.143. The molecule has 0 radical (unpaired) electrons. The third-order valence-electron chi connectivity index (χ3n) is 4.52. The Morgan fingerprint density at radius 1 is 1.13 bits per heavy atom. The van der Waals surface area contributed by atoms with E-state index < -0.39 is 45.0 Å². The van der Waals surface area contributed by atoms with E-state index >= 15 is 0 Å². The van der Waals surface area contributed by atoms with Crippen LogP contribution in [0.2, 0.25) is 0 Å². The first-order valence-electron chi connectivity index (χ1n) is 8.78. The zero-order valence-electron chi connectivity index (χ0n) is 15.8. The van der Waals surface area contributed by atoms with Crippen LogP contribution in [0.5, 0.6) is 0 Å². The minimum absolute atomic E-state index is 0.0286. The molecule has 0 unspecified atom stereocenters. The quantitative estimate of drug-likeness (QED) is 0.658. The number of hydrogen-bond acceptors (Lipinski definition) is 5. The number of sulfonamides is 1. The summed E-state index contributed by atoms with van der Waals surface area (Å²) in [5, 5.41) is 2.16. The zero-order chi connectivity index (χ0) is 23.2. The molecular formula is C17H15F6N3O3S2. The number of aromatic nitrogens is 1. The number of alkyl halides is 6. The van der Waals surface area contributed by atoms with Crippen molar-refractivity contribution in [1.29, 1.82) is 0 Å². The highest BCUT2D eigenvalue weighted by molar-refractivity contribution is 7.89. The normalized spacial score (nSPS) is 15.6. The number of amides is 1. The fraction of sp³-hybridized carbons (Fsp3) is 0.412. The van der Waals surface area contributed by atoms with E-state index in [2.05, 4.69) is 10.3 Å². The predicted octanol–water partition coefficient (Wildman–Crippen LogP) is 4.14. The first-order valence-corrected chi connectivity index (χ1v) is 11.2. The molecule has 0 saturated heterocycles. The molecule has 0 spiro atoms. The summed E-state index contributed by atoms with van der Waals surface area (Å²) in [5.41, 5.74) is -3.52. The van der Waals surface area contributed by atoms with Crippen molar-refractivity contribution < 1.29 is 39.6 Å². The minimum Gasteiger partial charge on any atom is -0.298 e. The summed E-state index contributed by atoms with van der Waals surface area (Å²) in [4.78, 5) is 17.0. The monoisotopic (exact) mass is 487 g/mol. The minimum atomic E-state index is -5.08. The van der Waals surface area contributed by atoms with Gasteiger partial charge in [0.1, 0.15) is 0 Å². The van der Waals surface area contributed by atoms with Gasteiger partial charge < -0.3 is 0 Å². The smallest absolute Gasteiger partial charge is 0.298 e. The molecule has 0 aliphatic carbocycles. The standard InChI is InChI=1S/C17H15F6N3O3S2/c1-2-31(28,29)26-4-3-12-13(8-26)30-15(24-12)25-14(27)9-5-10(16(18,19)20)7-11(6-9)17(21,22)23/h5-7H,2-4,8H2,1H3,(H,24,25,27). The molecule has 2 heterocycles. The highest BCUT2D eigenvalue weighted by atomic mass is 32.2. The van der Waals surface area contributed by atoms with Crippen molar-refractivity contribution in [2.75, 3.05) is 17.6 Å². The fourth-order valence-corrected chi connectivity index (χ4v) is 5.06. The number of benzene rings is 1. The highest BCUT2D eigenvalue weighted by Crippen LogP contribution is 2.37. The largest absolute Gasteiger partial charge is 0.416 e. The summed E-state index contributed by atoms with van der Waals surface area (Å²) in [6, 6.07) is 0.586. The summed E-state index contributed by atoms with van der Waals surface area (Å²) in [6.45, 7) is 1.71. The van der Waals surface area contributed by atoms with Crippen molar-refractivity contribution in [2.45, 2.75) is 32.2 Å². The van der Waals surface area contributed by atoms with E-state index in [1.54, 1.807) is 0 Å². The van der Waals surface area contributed by atoms with Gasteiger partial charge in [-0.2, -0.15) is 30.6 Å². The second-order valence-electron chi connectivity index (χ2n) is 6.62. The molecule has 0 bridgehead atoms. The second-order valence-corrected chi connectivity index (χ2v) is 9.96. The Kier molecular flexibility index (Phi) is 6.10. The van der Waals surface area contributed by atoms with E-state index in [1.165, 1.54) is 11.2 Å². The summed E-state index contributed by atoms with van der Waals surface area (Å²) in [7, 11) is -3.45. The lowest BCUT2D eigenvalue weighted by Gasteiger charge is -2.24. The predicted molar refractivity (Wildman–Crippen MR) is 100 cm³/mol. The van der Waals surface area contributed by atoms with Crippen molar-refractivity contribution in [3.05, 3.63) is 45.5 Å². The van der Waals surface area contributed by atoms with Gasteiger partial charge in [0.15, 0.2) is 5.13 Å². The Hall–Kier alpha value is -2.19. The average molecular weight is 487 g/mol. The average Bonchev–Trinajstić information content (AvgIpc) is 3.07. The first kappa shape index (κ1) is 23.5. The maximum Gasteiger partial charge on any atom is 0.416 e. The van der Waals surface area contributed by atoms with Gasteiger partial charge in [-0.3, -0.25) is 10.1 Å². The number of anilines is 1. The summed E-state index contributed by atoms with van der Waals surface area (Å²) in [5.74, 6) is -1.29. The van der Waals surface area contributed by atoms with Crippen LogP contribution in [0.4, 0.5) is 31.5 Å². The number of thiazole rings is 1. The molecule has 170 valence electrons. The van der Waals surface area contributed by atoms with Gasteiger partial charge in [0, 0.05) is 30.0 Å². The van der Waals surface area contributed by atoms with E-state index in [-0.39, 0.29) is 36.5 Å². The van der Waals surface area contributed by atoms with E-state index in [0.717, 1.165) is 11.3 Å². The van der Waals surface area contributed by atoms with Crippen molar-refractivity contribution in [3.8, 4) is 0 Å². The Morgan fingerprint density at radius 2 is 1.71 bits per heavy atom. The molecule has 31 heavy (non-hydrogen) atoms. The van der Waals surface area contributed by atoms with Crippen molar-refractivity contribution in [1.82, 2.24) is 9.29 Å². The fourth-order valence-electron chi connectivity index (χ4n) is 2.90. The molecule has 2 aromatic rings. The molecule has 1 aromatic heterocycles. The van der Waals surface area contributed by atoms with E-state index in [0.29, 0.717) is 22.7 Å². The number of nitrogens with one attached hydrogen (secondary N) is 1. The molecule has 0 atom stereocenters. The zero-order valence-corrected chi connectivity index (χ0v) is 17.4. The molecule has 14 heteroatoms. The molecule has 0 fully saturated rings. The molecule has 1 aromatic carbocycles. The van der Waals surface area contributed by atoms with Gasteiger partial charge in [-0.1, -0.05) is 0 Å². The van der Waals surface area contributed by atoms with Gasteiger partial charge in [0.25, 0.3) is 5.91 Å².